The Morgan fingerprint density at radius 2 is 1.75 bits per heavy atom. The molecule has 0 aliphatic carbocycles. The summed E-state index contributed by atoms with van der Waals surface area (Å²) in [5.74, 6) is 0. The molecule has 0 aromatic heterocycles. The summed E-state index contributed by atoms with van der Waals surface area (Å²) in [5, 5.41) is 13.5. The Morgan fingerprint density at radius 3 is 2.54 bits per heavy atom. The number of urea groups is 1. The molecule has 3 rings (SSSR count). The molecule has 0 heterocycles. The lowest BCUT2D eigenvalue weighted by Crippen LogP contribution is -2.28. The molecule has 0 bridgehead atoms. The predicted octanol–water partition coefficient (Wildman–Crippen LogP) is 3.96. The van der Waals surface area contributed by atoms with Crippen LogP contribution in [0.1, 0.15) is 11.1 Å². The average Bonchev–Trinajstić information content (AvgIpc) is 2.62. The highest BCUT2D eigenvalue weighted by Crippen LogP contribution is 2.20. The molecule has 3 aromatic rings. The van der Waals surface area contributed by atoms with Gasteiger partial charge in [-0.1, -0.05) is 42.5 Å². The minimum absolute atomic E-state index is 0.295. The highest BCUT2D eigenvalue weighted by atomic mass is 16.7. The van der Waals surface area contributed by atoms with Gasteiger partial charge in [-0.2, -0.15) is 5.26 Å². The summed E-state index contributed by atoms with van der Waals surface area (Å²) < 4.78 is 0. The number of nitrogens with one attached hydrogen (secondary N) is 2. The van der Waals surface area contributed by atoms with E-state index in [4.69, 9.17) is 10.1 Å². The van der Waals surface area contributed by atoms with Crippen LogP contribution >= 0.6 is 0 Å². The van der Waals surface area contributed by atoms with E-state index in [-0.39, 0.29) is 0 Å². The third-order valence-corrected chi connectivity index (χ3v) is 3.47. The first-order valence-electron chi connectivity index (χ1n) is 7.41. The second kappa shape index (κ2) is 7.27. The number of anilines is 1. The molecule has 5 heteroatoms. The van der Waals surface area contributed by atoms with Gasteiger partial charge in [0, 0.05) is 5.69 Å². The molecule has 0 spiro atoms. The first-order valence-corrected chi connectivity index (χ1v) is 7.41. The Bertz CT molecular complexity index is 901. The van der Waals surface area contributed by atoms with Crippen molar-refractivity contribution in [1.82, 2.24) is 5.48 Å². The van der Waals surface area contributed by atoms with Gasteiger partial charge < -0.3 is 5.32 Å². The van der Waals surface area contributed by atoms with Crippen LogP contribution in [0.25, 0.3) is 10.8 Å². The lowest BCUT2D eigenvalue weighted by Gasteiger charge is -2.09. The maximum absolute atomic E-state index is 11.8. The first-order chi connectivity index (χ1) is 11.7. The Morgan fingerprint density at radius 1 is 1.00 bits per heavy atom. The number of carbonyl (C=O) groups is 1. The summed E-state index contributed by atoms with van der Waals surface area (Å²) in [6.45, 7) is 0.295. The zero-order valence-electron chi connectivity index (χ0n) is 12.8. The number of hydrogen-bond acceptors (Lipinski definition) is 3. The van der Waals surface area contributed by atoms with E-state index in [0.717, 1.165) is 16.3 Å². The van der Waals surface area contributed by atoms with Gasteiger partial charge in [0.05, 0.1) is 18.2 Å². The number of rotatable bonds is 4. The number of fused-ring (bicyclic) bond motifs is 1. The molecule has 24 heavy (non-hydrogen) atoms. The standard InChI is InChI=1S/C19H15N3O2/c20-12-15-6-7-17-11-18(9-8-16(17)10-15)21-19(23)22-24-13-14-4-2-1-3-5-14/h1-11H,13H2,(H2,21,22,23). The minimum atomic E-state index is -0.445. The van der Waals surface area contributed by atoms with E-state index in [1.807, 2.05) is 54.6 Å². The number of benzene rings is 3. The lowest BCUT2D eigenvalue weighted by atomic mass is 10.1. The van der Waals surface area contributed by atoms with E-state index < -0.39 is 6.03 Å². The van der Waals surface area contributed by atoms with Crippen molar-refractivity contribution in [3.63, 3.8) is 0 Å². The lowest BCUT2D eigenvalue weighted by molar-refractivity contribution is 0.0536. The van der Waals surface area contributed by atoms with Crippen LogP contribution in [0.4, 0.5) is 10.5 Å². The fourth-order valence-electron chi connectivity index (χ4n) is 2.31. The number of hydrogen-bond donors (Lipinski definition) is 2. The predicted molar refractivity (Wildman–Crippen MR) is 92.0 cm³/mol. The van der Waals surface area contributed by atoms with E-state index in [2.05, 4.69) is 16.9 Å². The summed E-state index contributed by atoms with van der Waals surface area (Å²) in [7, 11) is 0. The monoisotopic (exact) mass is 317 g/mol. The summed E-state index contributed by atoms with van der Waals surface area (Å²) in [6, 6.07) is 22.1. The Balaban J connectivity index is 1.58. The molecule has 0 aliphatic heterocycles. The molecule has 0 atom stereocenters. The molecular weight excluding hydrogens is 302 g/mol. The molecular formula is C19H15N3O2. The van der Waals surface area contributed by atoms with Crippen molar-refractivity contribution in [2.45, 2.75) is 6.61 Å². The van der Waals surface area contributed by atoms with Crippen LogP contribution in [0.3, 0.4) is 0 Å². The van der Waals surface area contributed by atoms with Gasteiger partial charge in [-0.05, 0) is 40.6 Å². The molecule has 0 saturated heterocycles. The van der Waals surface area contributed by atoms with Crippen molar-refractivity contribution in [3.05, 3.63) is 77.9 Å². The first kappa shape index (κ1) is 15.5. The van der Waals surface area contributed by atoms with Crippen molar-refractivity contribution in [3.8, 4) is 6.07 Å². The zero-order chi connectivity index (χ0) is 16.8. The molecule has 3 aromatic carbocycles. The van der Waals surface area contributed by atoms with Gasteiger partial charge in [0.25, 0.3) is 0 Å². The van der Waals surface area contributed by atoms with Gasteiger partial charge in [0.1, 0.15) is 0 Å². The van der Waals surface area contributed by atoms with Crippen molar-refractivity contribution in [2.24, 2.45) is 0 Å². The number of hydroxylamine groups is 1. The average molecular weight is 317 g/mol. The maximum atomic E-state index is 11.8. The second-order valence-corrected chi connectivity index (χ2v) is 5.22. The van der Waals surface area contributed by atoms with Gasteiger partial charge in [-0.25, -0.2) is 10.3 Å². The minimum Gasteiger partial charge on any atom is -0.306 e. The van der Waals surface area contributed by atoms with Crippen molar-refractivity contribution in [1.29, 1.82) is 5.26 Å². The van der Waals surface area contributed by atoms with Gasteiger partial charge in [-0.3, -0.25) is 4.84 Å². The third kappa shape index (κ3) is 3.88. The summed E-state index contributed by atoms with van der Waals surface area (Å²) >= 11 is 0. The summed E-state index contributed by atoms with van der Waals surface area (Å²) in [4.78, 5) is 17.0. The zero-order valence-corrected chi connectivity index (χ0v) is 12.8. The van der Waals surface area contributed by atoms with Crippen LogP contribution in [-0.2, 0) is 11.4 Å². The Labute approximate surface area is 139 Å². The van der Waals surface area contributed by atoms with Crippen LogP contribution in [0.5, 0.6) is 0 Å². The van der Waals surface area contributed by atoms with E-state index >= 15 is 0 Å². The van der Waals surface area contributed by atoms with E-state index in [1.165, 1.54) is 0 Å². The van der Waals surface area contributed by atoms with Crippen LogP contribution in [0.15, 0.2) is 66.7 Å². The topological polar surface area (TPSA) is 74.2 Å². The third-order valence-electron chi connectivity index (χ3n) is 3.47. The largest absolute Gasteiger partial charge is 0.343 e. The summed E-state index contributed by atoms with van der Waals surface area (Å²) in [6.07, 6.45) is 0. The molecule has 0 aliphatic rings. The van der Waals surface area contributed by atoms with E-state index in [1.54, 1.807) is 12.1 Å². The van der Waals surface area contributed by atoms with Crippen LogP contribution in [0.2, 0.25) is 0 Å². The smallest absolute Gasteiger partial charge is 0.306 e. The quantitative estimate of drug-likeness (QED) is 0.715. The molecule has 118 valence electrons. The fourth-order valence-corrected chi connectivity index (χ4v) is 2.31. The Hall–Kier alpha value is -3.36. The van der Waals surface area contributed by atoms with Crippen LogP contribution in [0, 0.1) is 11.3 Å². The molecule has 5 nitrogen and oxygen atoms in total. The normalized spacial score (nSPS) is 10.1. The highest BCUT2D eigenvalue weighted by molar-refractivity contribution is 5.93. The molecule has 2 amide bonds. The second-order valence-electron chi connectivity index (χ2n) is 5.22. The van der Waals surface area contributed by atoms with Gasteiger partial charge in [0.2, 0.25) is 0 Å². The van der Waals surface area contributed by atoms with Crippen molar-refractivity contribution in [2.75, 3.05) is 5.32 Å². The van der Waals surface area contributed by atoms with Crippen molar-refractivity contribution >= 4 is 22.5 Å². The molecule has 2 N–H and O–H groups in total. The van der Waals surface area contributed by atoms with Gasteiger partial charge in [0.15, 0.2) is 0 Å². The van der Waals surface area contributed by atoms with Gasteiger partial charge in [-0.15, -0.1) is 0 Å². The fraction of sp³-hybridized carbons (Fsp3) is 0.0526. The molecule has 0 fully saturated rings. The van der Waals surface area contributed by atoms with E-state index in [9.17, 15) is 4.79 Å². The maximum Gasteiger partial charge on any atom is 0.343 e. The molecule has 0 radical (unpaired) electrons. The van der Waals surface area contributed by atoms with E-state index in [0.29, 0.717) is 17.9 Å². The van der Waals surface area contributed by atoms with Crippen LogP contribution in [-0.4, -0.2) is 6.03 Å². The Kier molecular flexibility index (Phi) is 4.70. The molecule has 0 unspecified atom stereocenters. The number of nitrogens with zero attached hydrogens (tertiary/aromatic N) is 1. The van der Waals surface area contributed by atoms with Gasteiger partial charge >= 0.3 is 6.03 Å². The number of nitriles is 1. The number of carbonyl (C=O) groups excluding carboxylic acids is 1. The van der Waals surface area contributed by atoms with Crippen LogP contribution < -0.4 is 10.8 Å². The summed E-state index contributed by atoms with van der Waals surface area (Å²) in [5.41, 5.74) is 4.58. The van der Waals surface area contributed by atoms with Crippen molar-refractivity contribution < 1.29 is 9.63 Å². The molecule has 0 saturated carbocycles. The number of amides is 2. The highest BCUT2D eigenvalue weighted by Gasteiger charge is 2.03. The SMILES string of the molecule is N#Cc1ccc2cc(NC(=O)NOCc3ccccc3)ccc2c1.